The zero-order valence-electron chi connectivity index (χ0n) is 19.7. The van der Waals surface area contributed by atoms with E-state index in [0.29, 0.717) is 38.6 Å². The van der Waals surface area contributed by atoms with E-state index in [0.717, 1.165) is 36.7 Å². The Morgan fingerprint density at radius 1 is 1.09 bits per heavy atom. The molecule has 3 aliphatic rings. The number of nitrogens with zero attached hydrogens (tertiary/aromatic N) is 3. The first kappa shape index (κ1) is 23.1. The minimum atomic E-state index is -0.715. The van der Waals surface area contributed by atoms with E-state index >= 15 is 0 Å². The molecule has 32 heavy (non-hydrogen) atoms. The number of amides is 3. The van der Waals surface area contributed by atoms with Crippen LogP contribution < -0.4 is 4.74 Å². The van der Waals surface area contributed by atoms with E-state index in [1.54, 1.807) is 14.2 Å². The van der Waals surface area contributed by atoms with Crippen LogP contribution in [0.4, 0.5) is 4.79 Å². The number of carbonyl (C=O) groups is 2. The highest BCUT2D eigenvalue weighted by Crippen LogP contribution is 2.40. The fourth-order valence-electron chi connectivity index (χ4n) is 5.52. The van der Waals surface area contributed by atoms with Crippen molar-refractivity contribution in [3.63, 3.8) is 0 Å². The predicted octanol–water partition coefficient (Wildman–Crippen LogP) is 3.52. The van der Waals surface area contributed by atoms with Crippen molar-refractivity contribution in [3.05, 3.63) is 29.8 Å². The van der Waals surface area contributed by atoms with Crippen LogP contribution in [0.25, 0.3) is 0 Å². The van der Waals surface area contributed by atoms with Crippen molar-refractivity contribution in [3.8, 4) is 5.75 Å². The van der Waals surface area contributed by atoms with Gasteiger partial charge in [0.2, 0.25) is 0 Å². The predicted molar refractivity (Wildman–Crippen MR) is 122 cm³/mol. The zero-order valence-corrected chi connectivity index (χ0v) is 19.7. The number of ether oxygens (including phenoxy) is 2. The maximum atomic E-state index is 13.7. The third kappa shape index (κ3) is 4.25. The molecule has 1 aromatic rings. The van der Waals surface area contributed by atoms with Gasteiger partial charge in [0, 0.05) is 39.4 Å². The van der Waals surface area contributed by atoms with Gasteiger partial charge in [-0.25, -0.2) is 4.79 Å². The van der Waals surface area contributed by atoms with E-state index in [4.69, 9.17) is 9.47 Å². The number of likely N-dealkylation sites (tertiary alicyclic amines) is 1. The van der Waals surface area contributed by atoms with Gasteiger partial charge in [0.1, 0.15) is 11.3 Å². The van der Waals surface area contributed by atoms with Crippen molar-refractivity contribution in [1.29, 1.82) is 0 Å². The van der Waals surface area contributed by atoms with Crippen LogP contribution in [-0.2, 0) is 16.1 Å². The fraction of sp³-hybridized carbons (Fsp3) is 0.680. The number of benzene rings is 1. The Labute approximate surface area is 191 Å². The normalized spacial score (nSPS) is 22.5. The van der Waals surface area contributed by atoms with Gasteiger partial charge in [-0.3, -0.25) is 9.69 Å². The lowest BCUT2D eigenvalue weighted by Gasteiger charge is -2.47. The number of imide groups is 1. The van der Waals surface area contributed by atoms with Crippen LogP contribution in [0, 0.1) is 5.92 Å². The van der Waals surface area contributed by atoms with Crippen molar-refractivity contribution in [2.45, 2.75) is 63.6 Å². The number of carbonyl (C=O) groups excluding carboxylic acids is 2. The molecule has 1 saturated carbocycles. The maximum Gasteiger partial charge on any atom is 0.327 e. The molecule has 1 aromatic carbocycles. The van der Waals surface area contributed by atoms with E-state index in [1.807, 2.05) is 29.2 Å². The lowest BCUT2D eigenvalue weighted by molar-refractivity contribution is -0.136. The molecule has 1 aliphatic carbocycles. The Hall–Kier alpha value is -2.12. The fourth-order valence-corrected chi connectivity index (χ4v) is 5.52. The summed E-state index contributed by atoms with van der Waals surface area (Å²) in [7, 11) is 3.30. The van der Waals surface area contributed by atoms with Gasteiger partial charge in [-0.2, -0.15) is 0 Å². The lowest BCUT2D eigenvalue weighted by Crippen LogP contribution is -2.58. The standard InChI is InChI=1S/C25H37N3O4/c1-19(21-6-4-7-21)26-15-12-25(13-16-26)23(29)27(24(30)28(25)14-5-17-31-2)18-20-8-10-22(32-3)11-9-20/h8-11,19,21H,4-7,12-18H2,1-3H3. The quantitative estimate of drug-likeness (QED) is 0.432. The summed E-state index contributed by atoms with van der Waals surface area (Å²) in [6.45, 7) is 5.50. The summed E-state index contributed by atoms with van der Waals surface area (Å²) in [4.78, 5) is 33.0. The largest absolute Gasteiger partial charge is 0.497 e. The van der Waals surface area contributed by atoms with E-state index in [1.165, 1.54) is 24.2 Å². The molecule has 2 saturated heterocycles. The zero-order chi connectivity index (χ0) is 22.7. The average Bonchev–Trinajstić information content (AvgIpc) is 2.95. The molecule has 176 valence electrons. The van der Waals surface area contributed by atoms with Crippen molar-refractivity contribution in [2.24, 2.45) is 5.92 Å². The highest BCUT2D eigenvalue weighted by atomic mass is 16.5. The smallest absolute Gasteiger partial charge is 0.327 e. The molecule has 0 N–H and O–H groups in total. The second-order valence-corrected chi connectivity index (χ2v) is 9.52. The molecule has 2 aliphatic heterocycles. The SMILES string of the molecule is COCCCN1C(=O)N(Cc2ccc(OC)cc2)C(=O)C12CCN(C(C)C1CCC1)CC2. The number of hydrogen-bond acceptors (Lipinski definition) is 5. The monoisotopic (exact) mass is 443 g/mol. The van der Waals surface area contributed by atoms with E-state index < -0.39 is 5.54 Å². The summed E-state index contributed by atoms with van der Waals surface area (Å²) in [6.07, 6.45) is 6.13. The molecule has 7 nitrogen and oxygen atoms in total. The Balaban J connectivity index is 1.50. The highest BCUT2D eigenvalue weighted by molar-refractivity contribution is 6.07. The minimum Gasteiger partial charge on any atom is -0.497 e. The van der Waals surface area contributed by atoms with E-state index in [9.17, 15) is 9.59 Å². The van der Waals surface area contributed by atoms with Gasteiger partial charge in [0.25, 0.3) is 5.91 Å². The van der Waals surface area contributed by atoms with Crippen LogP contribution in [0.2, 0.25) is 0 Å². The molecular weight excluding hydrogens is 406 g/mol. The second-order valence-electron chi connectivity index (χ2n) is 9.52. The first-order valence-corrected chi connectivity index (χ1v) is 12.0. The molecule has 0 bridgehead atoms. The van der Waals surface area contributed by atoms with Crippen LogP contribution in [0.5, 0.6) is 5.75 Å². The Morgan fingerprint density at radius 3 is 2.34 bits per heavy atom. The van der Waals surface area contributed by atoms with Crippen LogP contribution >= 0.6 is 0 Å². The highest BCUT2D eigenvalue weighted by Gasteiger charge is 2.57. The minimum absolute atomic E-state index is 0.0355. The van der Waals surface area contributed by atoms with Gasteiger partial charge in [-0.15, -0.1) is 0 Å². The van der Waals surface area contributed by atoms with E-state index in [-0.39, 0.29) is 11.9 Å². The van der Waals surface area contributed by atoms with Crippen molar-refractivity contribution >= 4 is 11.9 Å². The summed E-state index contributed by atoms with van der Waals surface area (Å²) in [5.41, 5.74) is 0.213. The molecule has 3 amide bonds. The lowest BCUT2D eigenvalue weighted by atomic mass is 9.78. The number of urea groups is 1. The summed E-state index contributed by atoms with van der Waals surface area (Å²) < 4.78 is 10.5. The Morgan fingerprint density at radius 2 is 1.78 bits per heavy atom. The van der Waals surface area contributed by atoms with Crippen LogP contribution in [0.3, 0.4) is 0 Å². The summed E-state index contributed by atoms with van der Waals surface area (Å²) in [5, 5.41) is 0. The molecule has 1 unspecified atom stereocenters. The molecule has 1 spiro atoms. The molecule has 3 fully saturated rings. The maximum absolute atomic E-state index is 13.7. The Bertz CT molecular complexity index is 800. The average molecular weight is 444 g/mol. The van der Waals surface area contributed by atoms with E-state index in [2.05, 4.69) is 11.8 Å². The number of piperidine rings is 1. The molecular formula is C25H37N3O4. The topological polar surface area (TPSA) is 62.3 Å². The summed E-state index contributed by atoms with van der Waals surface area (Å²) in [6, 6.07) is 7.97. The van der Waals surface area contributed by atoms with Crippen molar-refractivity contribution in [1.82, 2.24) is 14.7 Å². The van der Waals surface area contributed by atoms with Crippen molar-refractivity contribution < 1.29 is 19.1 Å². The number of methoxy groups -OCH3 is 2. The van der Waals surface area contributed by atoms with Gasteiger partial charge in [-0.1, -0.05) is 18.6 Å². The molecule has 0 radical (unpaired) electrons. The van der Waals surface area contributed by atoms with Crippen LogP contribution in [-0.4, -0.2) is 78.7 Å². The molecule has 1 atom stereocenters. The summed E-state index contributed by atoms with van der Waals surface area (Å²) in [5.74, 6) is 1.51. The first-order chi connectivity index (χ1) is 15.5. The number of rotatable bonds is 9. The van der Waals surface area contributed by atoms with Crippen LogP contribution in [0.1, 0.15) is 51.0 Å². The first-order valence-electron chi connectivity index (χ1n) is 12.0. The van der Waals surface area contributed by atoms with Crippen LogP contribution in [0.15, 0.2) is 24.3 Å². The van der Waals surface area contributed by atoms with Gasteiger partial charge in [-0.05, 0) is 62.6 Å². The molecule has 7 heteroatoms. The third-order valence-electron chi connectivity index (χ3n) is 7.88. The number of hydrogen-bond donors (Lipinski definition) is 0. The summed E-state index contributed by atoms with van der Waals surface area (Å²) >= 11 is 0. The Kier molecular flexibility index (Phi) is 7.05. The second kappa shape index (κ2) is 9.79. The third-order valence-corrected chi connectivity index (χ3v) is 7.88. The molecule has 2 heterocycles. The van der Waals surface area contributed by atoms with Gasteiger partial charge in [0.15, 0.2) is 0 Å². The van der Waals surface area contributed by atoms with Gasteiger partial charge >= 0.3 is 6.03 Å². The van der Waals surface area contributed by atoms with Crippen molar-refractivity contribution in [2.75, 3.05) is 40.5 Å². The van der Waals surface area contributed by atoms with Gasteiger partial charge < -0.3 is 19.3 Å². The molecule has 0 aromatic heterocycles. The van der Waals surface area contributed by atoms with Gasteiger partial charge in [0.05, 0.1) is 13.7 Å². The molecule has 4 rings (SSSR count).